The van der Waals surface area contributed by atoms with Gasteiger partial charge in [-0.1, -0.05) is 30.7 Å². The van der Waals surface area contributed by atoms with Crippen molar-refractivity contribution < 1.29 is 14.6 Å². The Morgan fingerprint density at radius 3 is 2.93 bits per heavy atom. The van der Waals surface area contributed by atoms with Crippen molar-refractivity contribution in [2.45, 2.75) is 56.6 Å². The zero-order chi connectivity index (χ0) is 19.3. The van der Waals surface area contributed by atoms with Crippen LogP contribution in [0.25, 0.3) is 0 Å². The summed E-state index contributed by atoms with van der Waals surface area (Å²) in [5, 5.41) is 13.3. The van der Waals surface area contributed by atoms with Gasteiger partial charge in [0.15, 0.2) is 0 Å². The van der Waals surface area contributed by atoms with Gasteiger partial charge in [0.1, 0.15) is 0 Å². The Bertz CT molecular complexity index is 636. The van der Waals surface area contributed by atoms with Crippen molar-refractivity contribution in [2.75, 3.05) is 32.8 Å². The van der Waals surface area contributed by atoms with Crippen LogP contribution in [0.1, 0.15) is 50.5 Å². The van der Waals surface area contributed by atoms with Crippen molar-refractivity contribution in [1.29, 1.82) is 0 Å². The van der Waals surface area contributed by atoms with Gasteiger partial charge in [0, 0.05) is 29.6 Å². The fourth-order valence-corrected chi connectivity index (χ4v) is 4.39. The number of carbonyl (C=O) groups is 1. The highest BCUT2D eigenvalue weighted by molar-refractivity contribution is 6.30. The largest absolute Gasteiger partial charge is 0.396 e. The summed E-state index contributed by atoms with van der Waals surface area (Å²) in [5.41, 5.74) is 1.16. The number of carbonyl (C=O) groups excluding carboxylic acids is 1. The van der Waals surface area contributed by atoms with E-state index in [0.717, 1.165) is 31.7 Å². The molecule has 2 N–H and O–H groups in total. The van der Waals surface area contributed by atoms with E-state index >= 15 is 0 Å². The topological polar surface area (TPSA) is 61.8 Å². The molecule has 5 nitrogen and oxygen atoms in total. The summed E-state index contributed by atoms with van der Waals surface area (Å²) >= 11 is 6.03. The Balaban J connectivity index is 1.48. The molecule has 1 aromatic rings. The molecule has 1 saturated carbocycles. The first-order valence-corrected chi connectivity index (χ1v) is 10.4. The van der Waals surface area contributed by atoms with E-state index < -0.39 is 0 Å². The number of aliphatic hydroxyl groups excluding tert-OH is 1. The molecule has 3 rings (SSSR count). The highest BCUT2D eigenvalue weighted by Gasteiger charge is 2.46. The summed E-state index contributed by atoms with van der Waals surface area (Å²) in [6.45, 7) is 5.21. The summed E-state index contributed by atoms with van der Waals surface area (Å²) in [7, 11) is 0. The van der Waals surface area contributed by atoms with Gasteiger partial charge < -0.3 is 15.2 Å². The number of hydrogen-bond acceptors (Lipinski definition) is 4. The van der Waals surface area contributed by atoms with E-state index in [2.05, 4.69) is 17.1 Å². The molecule has 2 unspecified atom stereocenters. The quantitative estimate of drug-likeness (QED) is 0.711. The first-order chi connectivity index (χ1) is 13.1. The fourth-order valence-electron chi connectivity index (χ4n) is 4.19. The lowest BCUT2D eigenvalue weighted by atomic mass is 9.74. The summed E-state index contributed by atoms with van der Waals surface area (Å²) in [5.74, 6) is -0.184. The summed E-state index contributed by atoms with van der Waals surface area (Å²) in [4.78, 5) is 15.0. The van der Waals surface area contributed by atoms with E-state index in [1.54, 1.807) is 6.07 Å². The highest BCUT2D eigenvalue weighted by Crippen LogP contribution is 2.41. The van der Waals surface area contributed by atoms with Gasteiger partial charge in [-0.05, 0) is 49.9 Å². The third kappa shape index (κ3) is 5.02. The predicted molar refractivity (Wildman–Crippen MR) is 107 cm³/mol. The van der Waals surface area contributed by atoms with E-state index in [0.29, 0.717) is 18.0 Å². The Morgan fingerprint density at radius 2 is 2.30 bits per heavy atom. The first-order valence-electron chi connectivity index (χ1n) is 10.1. The lowest BCUT2D eigenvalue weighted by Gasteiger charge is -2.54. The van der Waals surface area contributed by atoms with Crippen molar-refractivity contribution in [3.63, 3.8) is 0 Å². The van der Waals surface area contributed by atoms with Gasteiger partial charge in [-0.25, -0.2) is 0 Å². The van der Waals surface area contributed by atoms with Crippen LogP contribution in [-0.2, 0) is 9.53 Å². The number of nitrogens with zero attached hydrogens (tertiary/aromatic N) is 1. The van der Waals surface area contributed by atoms with Crippen LogP contribution in [0.3, 0.4) is 0 Å². The van der Waals surface area contributed by atoms with Crippen LogP contribution >= 0.6 is 11.6 Å². The molecule has 150 valence electrons. The lowest BCUT2D eigenvalue weighted by molar-refractivity contribution is -0.151. The predicted octanol–water partition coefficient (Wildman–Crippen LogP) is 2.96. The van der Waals surface area contributed by atoms with Gasteiger partial charge in [-0.2, -0.15) is 0 Å². The second kappa shape index (κ2) is 9.37. The maximum Gasteiger partial charge on any atom is 0.222 e. The normalized spacial score (nSPS) is 23.0. The van der Waals surface area contributed by atoms with E-state index in [-0.39, 0.29) is 30.1 Å². The molecule has 2 atom stereocenters. The average Bonchev–Trinajstić information content (AvgIpc) is 2.61. The van der Waals surface area contributed by atoms with Crippen LogP contribution in [0.2, 0.25) is 5.02 Å². The molecule has 2 aliphatic rings. The van der Waals surface area contributed by atoms with E-state index in [4.69, 9.17) is 16.3 Å². The summed E-state index contributed by atoms with van der Waals surface area (Å²) in [6, 6.07) is 7.41. The van der Waals surface area contributed by atoms with Crippen LogP contribution in [0, 0.1) is 0 Å². The van der Waals surface area contributed by atoms with Crippen LogP contribution in [-0.4, -0.2) is 60.4 Å². The number of morpholine rings is 1. The molecule has 1 saturated heterocycles. The number of halogens is 1. The van der Waals surface area contributed by atoms with Crippen LogP contribution in [0.15, 0.2) is 24.3 Å². The molecule has 1 spiro atoms. The average molecular weight is 395 g/mol. The third-order valence-corrected chi connectivity index (χ3v) is 6.19. The molecule has 27 heavy (non-hydrogen) atoms. The van der Waals surface area contributed by atoms with Gasteiger partial charge >= 0.3 is 0 Å². The maximum atomic E-state index is 12.4. The number of benzene rings is 1. The first kappa shape index (κ1) is 20.6. The molecule has 0 aromatic heterocycles. The smallest absolute Gasteiger partial charge is 0.222 e. The SMILES string of the molecule is CCCN1CC(CC(=O)NCC(CO)c2cccc(Cl)c2)OCC12CCC2. The molecule has 0 bridgehead atoms. The molecule has 2 fully saturated rings. The number of aliphatic hydroxyl groups is 1. The van der Waals surface area contributed by atoms with Crippen LogP contribution < -0.4 is 5.32 Å². The fraction of sp³-hybridized carbons (Fsp3) is 0.667. The van der Waals surface area contributed by atoms with Gasteiger partial charge in [0.05, 0.1) is 25.7 Å². The van der Waals surface area contributed by atoms with Crippen molar-refractivity contribution >= 4 is 17.5 Å². The molecule has 6 heteroatoms. The molecule has 0 radical (unpaired) electrons. The lowest BCUT2D eigenvalue weighted by Crippen LogP contribution is -2.63. The molecular weight excluding hydrogens is 364 g/mol. The molecule has 1 heterocycles. The van der Waals surface area contributed by atoms with Gasteiger partial charge in [-0.15, -0.1) is 0 Å². The van der Waals surface area contributed by atoms with Gasteiger partial charge in [0.25, 0.3) is 0 Å². The van der Waals surface area contributed by atoms with E-state index in [1.807, 2.05) is 18.2 Å². The van der Waals surface area contributed by atoms with Gasteiger partial charge in [-0.3, -0.25) is 9.69 Å². The molecule has 1 aliphatic carbocycles. The standard InChI is InChI=1S/C21H31ClN2O3/c1-2-9-24-13-19(27-15-21(24)7-4-8-21)11-20(26)23-12-17(14-25)16-5-3-6-18(22)10-16/h3,5-6,10,17,19,25H,2,4,7-9,11-15H2,1H3,(H,23,26). The van der Waals surface area contributed by atoms with Crippen molar-refractivity contribution in [3.8, 4) is 0 Å². The van der Waals surface area contributed by atoms with E-state index in [1.165, 1.54) is 19.3 Å². The van der Waals surface area contributed by atoms with Crippen molar-refractivity contribution in [1.82, 2.24) is 10.2 Å². The van der Waals surface area contributed by atoms with E-state index in [9.17, 15) is 9.90 Å². The van der Waals surface area contributed by atoms with Crippen LogP contribution in [0.5, 0.6) is 0 Å². The second-order valence-electron chi connectivity index (χ2n) is 7.90. The van der Waals surface area contributed by atoms with Gasteiger partial charge in [0.2, 0.25) is 5.91 Å². The number of hydrogen-bond donors (Lipinski definition) is 2. The molecular formula is C21H31ClN2O3. The Morgan fingerprint density at radius 1 is 1.48 bits per heavy atom. The third-order valence-electron chi connectivity index (χ3n) is 5.96. The molecule has 1 amide bonds. The minimum atomic E-state index is -0.158. The molecule has 1 aliphatic heterocycles. The van der Waals surface area contributed by atoms with Crippen molar-refractivity contribution in [2.24, 2.45) is 0 Å². The minimum Gasteiger partial charge on any atom is -0.396 e. The number of amides is 1. The second-order valence-corrected chi connectivity index (χ2v) is 8.34. The summed E-state index contributed by atoms with van der Waals surface area (Å²) < 4.78 is 6.05. The van der Waals surface area contributed by atoms with Crippen LogP contribution in [0.4, 0.5) is 0 Å². The monoisotopic (exact) mass is 394 g/mol. The Kier molecular flexibility index (Phi) is 7.15. The highest BCUT2D eigenvalue weighted by atomic mass is 35.5. The number of ether oxygens (including phenoxy) is 1. The summed E-state index contributed by atoms with van der Waals surface area (Å²) in [6.07, 6.45) is 5.14. The minimum absolute atomic E-state index is 0.0264. The maximum absolute atomic E-state index is 12.4. The Labute approximate surface area is 167 Å². The molecule has 1 aromatic carbocycles. The number of nitrogens with one attached hydrogen (secondary N) is 1. The van der Waals surface area contributed by atoms with Crippen molar-refractivity contribution in [3.05, 3.63) is 34.9 Å². The number of rotatable bonds is 8. The zero-order valence-corrected chi connectivity index (χ0v) is 16.9. The Hall–Kier alpha value is -1.14. The zero-order valence-electron chi connectivity index (χ0n) is 16.1.